The van der Waals surface area contributed by atoms with E-state index in [-0.39, 0.29) is 11.8 Å². The van der Waals surface area contributed by atoms with E-state index in [4.69, 9.17) is 0 Å². The Bertz CT molecular complexity index is 483. The highest BCUT2D eigenvalue weighted by Gasteiger charge is 2.44. The number of hydrogen-bond donors (Lipinski definition) is 2. The molecule has 1 saturated heterocycles. The normalized spacial score (nSPS) is 23.2. The zero-order valence-corrected chi connectivity index (χ0v) is 12.3. The second-order valence-corrected chi connectivity index (χ2v) is 6.16. The Kier molecular flexibility index (Phi) is 4.70. The molecule has 2 atom stereocenters. The third kappa shape index (κ3) is 2.98. The second-order valence-electron chi connectivity index (χ2n) is 5.05. The Balaban J connectivity index is 2.15. The van der Waals surface area contributed by atoms with Crippen LogP contribution in [0.3, 0.4) is 0 Å². The molecule has 108 valence electrons. The SMILES string of the molecule is CCC(C(=O)NC1(C(=O)O)CCSC1)c1ccccc1. The number of aliphatic carboxylic acids is 1. The highest BCUT2D eigenvalue weighted by molar-refractivity contribution is 7.99. The molecule has 0 bridgehead atoms. The number of thioether (sulfide) groups is 1. The Hall–Kier alpha value is -1.49. The molecule has 1 aromatic rings. The van der Waals surface area contributed by atoms with Crippen LogP contribution in [0.1, 0.15) is 31.2 Å². The van der Waals surface area contributed by atoms with Crippen LogP contribution in [-0.2, 0) is 9.59 Å². The number of carboxylic acid groups (broad SMARTS) is 1. The Morgan fingerprint density at radius 3 is 2.60 bits per heavy atom. The third-order valence-electron chi connectivity index (χ3n) is 3.72. The molecule has 0 spiro atoms. The van der Waals surface area contributed by atoms with Gasteiger partial charge in [-0.1, -0.05) is 37.3 Å². The summed E-state index contributed by atoms with van der Waals surface area (Å²) in [6.07, 6.45) is 1.14. The minimum Gasteiger partial charge on any atom is -0.479 e. The maximum atomic E-state index is 12.5. The first kappa shape index (κ1) is 14.9. The van der Waals surface area contributed by atoms with Crippen molar-refractivity contribution in [1.29, 1.82) is 0 Å². The van der Waals surface area contributed by atoms with E-state index in [1.54, 1.807) is 11.8 Å². The largest absolute Gasteiger partial charge is 0.479 e. The van der Waals surface area contributed by atoms with Gasteiger partial charge in [-0.05, 0) is 24.2 Å². The molecule has 1 amide bonds. The number of carbonyl (C=O) groups is 2. The zero-order chi connectivity index (χ0) is 14.6. The molecule has 2 rings (SSSR count). The third-order valence-corrected chi connectivity index (χ3v) is 4.91. The maximum Gasteiger partial charge on any atom is 0.330 e. The highest BCUT2D eigenvalue weighted by atomic mass is 32.2. The van der Waals surface area contributed by atoms with Crippen LogP contribution in [0.5, 0.6) is 0 Å². The number of amides is 1. The van der Waals surface area contributed by atoms with Crippen molar-refractivity contribution in [2.45, 2.75) is 31.2 Å². The van der Waals surface area contributed by atoms with E-state index in [9.17, 15) is 14.7 Å². The van der Waals surface area contributed by atoms with Gasteiger partial charge in [-0.15, -0.1) is 0 Å². The van der Waals surface area contributed by atoms with Crippen LogP contribution in [0.25, 0.3) is 0 Å². The molecular formula is C15H19NO3S. The number of nitrogens with one attached hydrogen (secondary N) is 1. The summed E-state index contributed by atoms with van der Waals surface area (Å²) < 4.78 is 0. The topological polar surface area (TPSA) is 66.4 Å². The molecule has 2 N–H and O–H groups in total. The molecule has 1 fully saturated rings. The monoisotopic (exact) mass is 293 g/mol. The summed E-state index contributed by atoms with van der Waals surface area (Å²) in [6.45, 7) is 1.94. The van der Waals surface area contributed by atoms with Crippen LogP contribution in [-0.4, -0.2) is 34.0 Å². The lowest BCUT2D eigenvalue weighted by Gasteiger charge is -2.27. The molecule has 2 unspecified atom stereocenters. The van der Waals surface area contributed by atoms with Crippen molar-refractivity contribution in [3.8, 4) is 0 Å². The molecule has 1 aliphatic heterocycles. The summed E-state index contributed by atoms with van der Waals surface area (Å²) in [5.41, 5.74) is -0.164. The van der Waals surface area contributed by atoms with Gasteiger partial charge in [0.1, 0.15) is 5.54 Å². The molecule has 20 heavy (non-hydrogen) atoms. The van der Waals surface area contributed by atoms with Crippen LogP contribution in [0.15, 0.2) is 30.3 Å². The Morgan fingerprint density at radius 2 is 2.10 bits per heavy atom. The lowest BCUT2D eigenvalue weighted by molar-refractivity contribution is -0.146. The summed E-state index contributed by atoms with van der Waals surface area (Å²) in [5.74, 6) is -0.200. The van der Waals surface area contributed by atoms with E-state index in [0.29, 0.717) is 18.6 Å². The van der Waals surface area contributed by atoms with Gasteiger partial charge in [-0.3, -0.25) is 4.79 Å². The summed E-state index contributed by atoms with van der Waals surface area (Å²) in [5, 5.41) is 12.2. The van der Waals surface area contributed by atoms with E-state index >= 15 is 0 Å². The lowest BCUT2D eigenvalue weighted by Crippen LogP contribution is -2.55. The van der Waals surface area contributed by atoms with E-state index in [1.807, 2.05) is 37.3 Å². The van der Waals surface area contributed by atoms with Gasteiger partial charge >= 0.3 is 5.97 Å². The molecule has 0 aliphatic carbocycles. The van der Waals surface area contributed by atoms with Gasteiger partial charge in [0.05, 0.1) is 5.92 Å². The van der Waals surface area contributed by atoms with E-state index < -0.39 is 11.5 Å². The van der Waals surface area contributed by atoms with E-state index in [1.165, 1.54) is 0 Å². The van der Waals surface area contributed by atoms with Crippen molar-refractivity contribution >= 4 is 23.6 Å². The Morgan fingerprint density at radius 1 is 1.40 bits per heavy atom. The molecule has 1 aromatic carbocycles. The van der Waals surface area contributed by atoms with Crippen LogP contribution in [0.4, 0.5) is 0 Å². The molecule has 4 nitrogen and oxygen atoms in total. The molecule has 1 aliphatic rings. The molecule has 0 radical (unpaired) electrons. The average molecular weight is 293 g/mol. The predicted molar refractivity (Wildman–Crippen MR) is 79.9 cm³/mol. The second kappa shape index (κ2) is 6.31. The van der Waals surface area contributed by atoms with Crippen molar-refractivity contribution in [2.24, 2.45) is 0 Å². The highest BCUT2D eigenvalue weighted by Crippen LogP contribution is 2.30. The van der Waals surface area contributed by atoms with Crippen molar-refractivity contribution in [1.82, 2.24) is 5.32 Å². The summed E-state index contributed by atoms with van der Waals surface area (Å²) in [7, 11) is 0. The van der Waals surface area contributed by atoms with Crippen molar-refractivity contribution < 1.29 is 14.7 Å². The fraction of sp³-hybridized carbons (Fsp3) is 0.467. The van der Waals surface area contributed by atoms with Crippen LogP contribution >= 0.6 is 11.8 Å². The van der Waals surface area contributed by atoms with Gasteiger partial charge in [0, 0.05) is 5.75 Å². The van der Waals surface area contributed by atoms with Crippen LogP contribution in [0, 0.1) is 0 Å². The zero-order valence-electron chi connectivity index (χ0n) is 11.5. The van der Waals surface area contributed by atoms with E-state index in [2.05, 4.69) is 5.32 Å². The molecule has 5 heteroatoms. The average Bonchev–Trinajstić information content (AvgIpc) is 2.90. The fourth-order valence-corrected chi connectivity index (χ4v) is 3.79. The Labute approximate surface area is 123 Å². The standard InChI is InChI=1S/C15H19NO3S/c1-2-12(11-6-4-3-5-7-11)13(17)16-15(14(18)19)8-9-20-10-15/h3-7,12H,2,8-10H2,1H3,(H,16,17)(H,18,19). The minimum atomic E-state index is -1.09. The summed E-state index contributed by atoms with van der Waals surface area (Å²) >= 11 is 1.57. The summed E-state index contributed by atoms with van der Waals surface area (Å²) in [4.78, 5) is 23.9. The van der Waals surface area contributed by atoms with Crippen molar-refractivity contribution in [3.05, 3.63) is 35.9 Å². The fourth-order valence-electron chi connectivity index (χ4n) is 2.47. The van der Waals surface area contributed by atoms with Crippen LogP contribution < -0.4 is 5.32 Å². The molecular weight excluding hydrogens is 274 g/mol. The first-order valence-electron chi connectivity index (χ1n) is 6.77. The van der Waals surface area contributed by atoms with Gasteiger partial charge in [-0.2, -0.15) is 11.8 Å². The molecule has 1 heterocycles. The predicted octanol–water partition coefficient (Wildman–Crippen LogP) is 2.26. The molecule has 0 saturated carbocycles. The number of benzene rings is 1. The van der Waals surface area contributed by atoms with Gasteiger partial charge < -0.3 is 10.4 Å². The van der Waals surface area contributed by atoms with Gasteiger partial charge in [0.25, 0.3) is 0 Å². The quantitative estimate of drug-likeness (QED) is 0.874. The first-order valence-corrected chi connectivity index (χ1v) is 7.92. The van der Waals surface area contributed by atoms with Crippen molar-refractivity contribution in [2.75, 3.05) is 11.5 Å². The number of rotatable bonds is 5. The van der Waals surface area contributed by atoms with Gasteiger partial charge in [0.15, 0.2) is 0 Å². The van der Waals surface area contributed by atoms with Crippen molar-refractivity contribution in [3.63, 3.8) is 0 Å². The van der Waals surface area contributed by atoms with Gasteiger partial charge in [-0.25, -0.2) is 4.79 Å². The number of carboxylic acids is 1. The maximum absolute atomic E-state index is 12.5. The van der Waals surface area contributed by atoms with E-state index in [0.717, 1.165) is 11.3 Å². The van der Waals surface area contributed by atoms with Gasteiger partial charge in [0.2, 0.25) is 5.91 Å². The number of carbonyl (C=O) groups excluding carboxylic acids is 1. The molecule has 0 aromatic heterocycles. The first-order chi connectivity index (χ1) is 9.59. The lowest BCUT2D eigenvalue weighted by atomic mass is 9.92. The smallest absolute Gasteiger partial charge is 0.330 e. The minimum absolute atomic E-state index is 0.191. The number of hydrogen-bond acceptors (Lipinski definition) is 3. The van der Waals surface area contributed by atoms with Crippen LogP contribution in [0.2, 0.25) is 0 Å². The summed E-state index contributed by atoms with van der Waals surface area (Å²) in [6, 6.07) is 9.50.